The predicted octanol–water partition coefficient (Wildman–Crippen LogP) is 4.83. The van der Waals surface area contributed by atoms with Crippen LogP contribution in [-0.4, -0.2) is 25.5 Å². The van der Waals surface area contributed by atoms with Crippen LogP contribution in [0.4, 0.5) is 17.2 Å². The van der Waals surface area contributed by atoms with E-state index in [0.29, 0.717) is 22.8 Å². The molecular formula is C24H17N5O5. The van der Waals surface area contributed by atoms with Crippen LogP contribution in [0.15, 0.2) is 78.9 Å². The fourth-order valence-corrected chi connectivity index (χ4v) is 4.20. The summed E-state index contributed by atoms with van der Waals surface area (Å²) >= 11 is 0. The molecule has 168 valence electrons. The van der Waals surface area contributed by atoms with E-state index >= 15 is 0 Å². The number of carbonyl (C=O) groups excluding carboxylic acids is 1. The van der Waals surface area contributed by atoms with Crippen LogP contribution in [0.5, 0.6) is 0 Å². The van der Waals surface area contributed by atoms with E-state index in [0.717, 1.165) is 11.1 Å². The van der Waals surface area contributed by atoms with Gasteiger partial charge in [0.05, 0.1) is 21.2 Å². The highest BCUT2D eigenvalue weighted by atomic mass is 16.6. The monoisotopic (exact) mass is 455 g/mol. The summed E-state index contributed by atoms with van der Waals surface area (Å²) in [5.41, 5.74) is 3.19. The number of nitro groups is 2. The Morgan fingerprint density at radius 3 is 2.26 bits per heavy atom. The molecule has 1 aliphatic rings. The highest BCUT2D eigenvalue weighted by Gasteiger charge is 2.35. The van der Waals surface area contributed by atoms with Crippen molar-refractivity contribution in [1.29, 1.82) is 0 Å². The lowest BCUT2D eigenvalue weighted by molar-refractivity contribution is -0.385. The Kier molecular flexibility index (Phi) is 5.09. The van der Waals surface area contributed by atoms with Gasteiger partial charge in [0.25, 0.3) is 11.4 Å². The molecule has 0 fully saturated rings. The first-order chi connectivity index (χ1) is 16.4. The van der Waals surface area contributed by atoms with Crippen molar-refractivity contribution >= 4 is 23.1 Å². The summed E-state index contributed by atoms with van der Waals surface area (Å²) in [5.74, 6) is -0.294. The van der Waals surface area contributed by atoms with Gasteiger partial charge in [0.15, 0.2) is 0 Å². The molecule has 1 aromatic heterocycles. The first-order valence-corrected chi connectivity index (χ1v) is 10.4. The zero-order chi connectivity index (χ0) is 23.8. The molecular weight excluding hydrogens is 438 g/mol. The molecule has 1 atom stereocenters. The van der Waals surface area contributed by atoms with Crippen molar-refractivity contribution in [2.45, 2.75) is 12.3 Å². The van der Waals surface area contributed by atoms with E-state index < -0.39 is 15.8 Å². The van der Waals surface area contributed by atoms with Crippen LogP contribution in [0, 0.1) is 20.2 Å². The molecule has 2 heterocycles. The van der Waals surface area contributed by atoms with E-state index in [2.05, 4.69) is 5.32 Å². The van der Waals surface area contributed by atoms with Gasteiger partial charge >= 0.3 is 0 Å². The fourth-order valence-electron chi connectivity index (χ4n) is 4.20. The molecule has 1 N–H and O–H groups in total. The molecule has 0 saturated heterocycles. The number of nitrogens with one attached hydrogen (secondary N) is 1. The summed E-state index contributed by atoms with van der Waals surface area (Å²) < 4.78 is 1.54. The molecule has 1 amide bonds. The quantitative estimate of drug-likeness (QED) is 0.338. The summed E-state index contributed by atoms with van der Waals surface area (Å²) in [6.07, 6.45) is 0.0972. The molecule has 5 rings (SSSR count). The Morgan fingerprint density at radius 1 is 0.882 bits per heavy atom. The Morgan fingerprint density at radius 2 is 1.59 bits per heavy atom. The molecule has 10 nitrogen and oxygen atoms in total. The standard InChI is InChI=1S/C24H17N5O5/c30-21-14-20(16-7-4-8-19(13-16)29(33)34)22-23(15-5-2-1-3-6-15)26-27(24(22)25-21)17-9-11-18(12-10-17)28(31)32/h1-13,20H,14H2,(H,25,30). The van der Waals surface area contributed by atoms with E-state index in [9.17, 15) is 25.0 Å². The Labute approximate surface area is 192 Å². The molecule has 0 spiro atoms. The molecule has 0 radical (unpaired) electrons. The molecule has 0 bridgehead atoms. The second-order valence-corrected chi connectivity index (χ2v) is 7.82. The lowest BCUT2D eigenvalue weighted by atomic mass is 9.84. The second-order valence-electron chi connectivity index (χ2n) is 7.82. The van der Waals surface area contributed by atoms with Gasteiger partial charge in [-0.1, -0.05) is 42.5 Å². The minimum Gasteiger partial charge on any atom is -0.310 e. The molecule has 10 heteroatoms. The molecule has 1 unspecified atom stereocenters. The van der Waals surface area contributed by atoms with Gasteiger partial charge in [0, 0.05) is 47.7 Å². The van der Waals surface area contributed by atoms with Crippen molar-refractivity contribution in [3.8, 4) is 16.9 Å². The van der Waals surface area contributed by atoms with Crippen LogP contribution in [0.1, 0.15) is 23.5 Å². The van der Waals surface area contributed by atoms with Crippen molar-refractivity contribution in [3.63, 3.8) is 0 Å². The summed E-state index contributed by atoms with van der Waals surface area (Å²) in [7, 11) is 0. The smallest absolute Gasteiger partial charge is 0.269 e. The van der Waals surface area contributed by atoms with E-state index in [4.69, 9.17) is 5.10 Å². The Hall–Kier alpha value is -4.86. The number of carbonyl (C=O) groups is 1. The normalized spacial score (nSPS) is 14.8. The molecule has 0 aliphatic carbocycles. The SMILES string of the molecule is O=C1CC(c2cccc([N+](=O)[O-])c2)c2c(-c3ccccc3)nn(-c3ccc([N+](=O)[O-])cc3)c2N1. The van der Waals surface area contributed by atoms with Crippen LogP contribution in [-0.2, 0) is 4.79 Å². The first-order valence-electron chi connectivity index (χ1n) is 10.4. The van der Waals surface area contributed by atoms with Gasteiger partial charge in [-0.2, -0.15) is 5.10 Å². The van der Waals surface area contributed by atoms with E-state index in [1.54, 1.807) is 28.9 Å². The van der Waals surface area contributed by atoms with Gasteiger partial charge in [-0.15, -0.1) is 0 Å². The molecule has 3 aromatic carbocycles. The van der Waals surface area contributed by atoms with Crippen LogP contribution < -0.4 is 5.32 Å². The number of hydrogen-bond acceptors (Lipinski definition) is 6. The summed E-state index contributed by atoms with van der Waals surface area (Å²) in [6, 6.07) is 21.5. The van der Waals surface area contributed by atoms with Crippen LogP contribution in [0.3, 0.4) is 0 Å². The van der Waals surface area contributed by atoms with Gasteiger partial charge < -0.3 is 5.32 Å². The van der Waals surface area contributed by atoms with Crippen molar-refractivity contribution in [2.24, 2.45) is 0 Å². The molecule has 4 aromatic rings. The second kappa shape index (κ2) is 8.24. The number of amides is 1. The summed E-state index contributed by atoms with van der Waals surface area (Å²) in [6.45, 7) is 0. The van der Waals surface area contributed by atoms with E-state index in [1.807, 2.05) is 30.3 Å². The lowest BCUT2D eigenvalue weighted by Crippen LogP contribution is -2.25. The number of nitrogens with zero attached hydrogens (tertiary/aromatic N) is 4. The highest BCUT2D eigenvalue weighted by Crippen LogP contribution is 2.44. The maximum Gasteiger partial charge on any atom is 0.269 e. The van der Waals surface area contributed by atoms with Gasteiger partial charge in [0.1, 0.15) is 5.82 Å². The lowest BCUT2D eigenvalue weighted by Gasteiger charge is -2.24. The van der Waals surface area contributed by atoms with E-state index in [1.165, 1.54) is 24.3 Å². The third-order valence-corrected chi connectivity index (χ3v) is 5.75. The Balaban J connectivity index is 1.73. The zero-order valence-corrected chi connectivity index (χ0v) is 17.6. The van der Waals surface area contributed by atoms with Crippen LogP contribution >= 0.6 is 0 Å². The molecule has 0 saturated carbocycles. The number of rotatable bonds is 5. The molecule has 34 heavy (non-hydrogen) atoms. The number of aromatic nitrogens is 2. The van der Waals surface area contributed by atoms with Crippen LogP contribution in [0.2, 0.25) is 0 Å². The minimum absolute atomic E-state index is 0.0611. The summed E-state index contributed by atoms with van der Waals surface area (Å²) in [5, 5.41) is 30.1. The highest BCUT2D eigenvalue weighted by molar-refractivity contribution is 5.96. The number of fused-ring (bicyclic) bond motifs is 1. The van der Waals surface area contributed by atoms with Crippen molar-refractivity contribution in [2.75, 3.05) is 5.32 Å². The fraction of sp³-hybridized carbons (Fsp3) is 0.0833. The number of hydrogen-bond donors (Lipinski definition) is 1. The van der Waals surface area contributed by atoms with Gasteiger partial charge in [-0.3, -0.25) is 25.0 Å². The minimum atomic E-state index is -0.488. The third-order valence-electron chi connectivity index (χ3n) is 5.75. The average Bonchev–Trinajstić information content (AvgIpc) is 3.23. The third kappa shape index (κ3) is 3.66. The number of nitro benzene ring substituents is 2. The van der Waals surface area contributed by atoms with Crippen molar-refractivity contribution < 1.29 is 14.6 Å². The maximum absolute atomic E-state index is 12.7. The van der Waals surface area contributed by atoms with Gasteiger partial charge in [0.2, 0.25) is 5.91 Å². The Bertz CT molecular complexity index is 1430. The molecule has 1 aliphatic heterocycles. The van der Waals surface area contributed by atoms with Crippen LogP contribution in [0.25, 0.3) is 16.9 Å². The topological polar surface area (TPSA) is 133 Å². The first kappa shape index (κ1) is 21.0. The predicted molar refractivity (Wildman–Crippen MR) is 124 cm³/mol. The largest absolute Gasteiger partial charge is 0.310 e. The maximum atomic E-state index is 12.7. The van der Waals surface area contributed by atoms with Gasteiger partial charge in [-0.25, -0.2) is 4.68 Å². The number of non-ortho nitro benzene ring substituents is 2. The van der Waals surface area contributed by atoms with Crippen molar-refractivity contribution in [3.05, 3.63) is 110 Å². The van der Waals surface area contributed by atoms with E-state index in [-0.39, 0.29) is 23.7 Å². The number of benzene rings is 3. The van der Waals surface area contributed by atoms with Crippen molar-refractivity contribution in [1.82, 2.24) is 9.78 Å². The number of anilines is 1. The van der Waals surface area contributed by atoms with Gasteiger partial charge in [-0.05, 0) is 17.7 Å². The summed E-state index contributed by atoms with van der Waals surface area (Å²) in [4.78, 5) is 34.2. The zero-order valence-electron chi connectivity index (χ0n) is 17.6. The average molecular weight is 455 g/mol.